The van der Waals surface area contributed by atoms with Crippen molar-refractivity contribution >= 4 is 61.2 Å². The number of hydrogen-bond donors (Lipinski definition) is 0. The van der Waals surface area contributed by atoms with Crippen LogP contribution in [0.5, 0.6) is 0 Å². The summed E-state index contributed by atoms with van der Waals surface area (Å²) in [6, 6.07) is 12.5. The van der Waals surface area contributed by atoms with E-state index in [1.807, 2.05) is 6.07 Å². The van der Waals surface area contributed by atoms with Gasteiger partial charge in [-0.3, -0.25) is 4.57 Å². The van der Waals surface area contributed by atoms with Crippen molar-refractivity contribution in [3.63, 3.8) is 0 Å². The fourth-order valence-electron chi connectivity index (χ4n) is 2.33. The van der Waals surface area contributed by atoms with Crippen molar-refractivity contribution in [2.45, 2.75) is 12.8 Å². The molecule has 0 bridgehead atoms. The molecule has 0 aliphatic rings. The van der Waals surface area contributed by atoms with Crippen LogP contribution in [0.3, 0.4) is 0 Å². The monoisotopic (exact) mass is 460 g/mol. The lowest BCUT2D eigenvalue weighted by molar-refractivity contribution is 0.972. The average Bonchev–Trinajstić information content (AvgIpc) is 2.76. The molecule has 0 atom stereocenters. The minimum absolute atomic E-state index is 0.390. The second-order valence-corrected chi connectivity index (χ2v) is 6.99. The van der Waals surface area contributed by atoms with E-state index in [-0.39, 0.29) is 0 Å². The average molecular weight is 462 g/mol. The van der Waals surface area contributed by atoms with Crippen molar-refractivity contribution in [3.05, 3.63) is 55.8 Å². The van der Waals surface area contributed by atoms with Gasteiger partial charge >= 0.3 is 0 Å². The van der Waals surface area contributed by atoms with Crippen LogP contribution in [0.4, 0.5) is 0 Å². The molecule has 20 heavy (non-hydrogen) atoms. The smallest absolute Gasteiger partial charge is 0.129 e. The Labute approximate surface area is 144 Å². The summed E-state index contributed by atoms with van der Waals surface area (Å²) in [5.41, 5.74) is 4.37. The van der Waals surface area contributed by atoms with Crippen LogP contribution in [0.2, 0.25) is 0 Å². The Balaban J connectivity index is 2.34. The molecule has 0 spiro atoms. The molecular weight excluding hydrogens is 450 g/mol. The number of aromatic nitrogens is 2. The first kappa shape index (κ1) is 14.4. The topological polar surface area (TPSA) is 17.8 Å². The second kappa shape index (κ2) is 5.66. The van der Waals surface area contributed by atoms with Crippen LogP contribution in [-0.4, -0.2) is 9.55 Å². The number of aryl methyl sites for hydroxylation is 1. The van der Waals surface area contributed by atoms with Gasteiger partial charge in [0, 0.05) is 8.04 Å². The molecule has 0 N–H and O–H groups in total. The largest absolute Gasteiger partial charge is 0.295 e. The Morgan fingerprint density at radius 3 is 2.75 bits per heavy atom. The molecule has 3 aromatic rings. The maximum absolute atomic E-state index is 6.08. The molecule has 3 rings (SSSR count). The molecule has 0 fully saturated rings. The lowest BCUT2D eigenvalue weighted by atomic mass is 10.2. The van der Waals surface area contributed by atoms with E-state index >= 15 is 0 Å². The summed E-state index contributed by atoms with van der Waals surface area (Å²) in [5.74, 6) is 1.26. The summed E-state index contributed by atoms with van der Waals surface area (Å²) < 4.78 is 4.39. The predicted octanol–water partition coefficient (Wildman–Crippen LogP) is 5.44. The maximum Gasteiger partial charge on any atom is 0.129 e. The van der Waals surface area contributed by atoms with E-state index in [2.05, 4.69) is 85.3 Å². The van der Waals surface area contributed by atoms with Crippen molar-refractivity contribution in [1.29, 1.82) is 0 Å². The lowest BCUT2D eigenvalue weighted by Gasteiger charge is -2.11. The van der Waals surface area contributed by atoms with Gasteiger partial charge in [-0.05, 0) is 71.5 Å². The van der Waals surface area contributed by atoms with Crippen LogP contribution in [-0.2, 0) is 5.88 Å². The molecule has 2 aromatic carbocycles. The summed E-state index contributed by atoms with van der Waals surface area (Å²) in [5, 5.41) is 0. The van der Waals surface area contributed by atoms with Crippen LogP contribution in [0.15, 0.2) is 40.9 Å². The van der Waals surface area contributed by atoms with Gasteiger partial charge in [-0.25, -0.2) is 4.98 Å². The number of nitrogens with zero attached hydrogens (tertiary/aromatic N) is 2. The molecule has 5 heteroatoms. The highest BCUT2D eigenvalue weighted by Gasteiger charge is 2.13. The minimum Gasteiger partial charge on any atom is -0.295 e. The fourth-order valence-corrected chi connectivity index (χ4v) is 3.46. The van der Waals surface area contributed by atoms with E-state index in [0.717, 1.165) is 27.0 Å². The zero-order valence-corrected chi connectivity index (χ0v) is 15.2. The molecule has 0 saturated heterocycles. The Bertz CT molecular complexity index is 798. The van der Waals surface area contributed by atoms with Crippen LogP contribution >= 0.6 is 50.1 Å². The first-order chi connectivity index (χ1) is 9.60. The van der Waals surface area contributed by atoms with Crippen LogP contribution < -0.4 is 0 Å². The summed E-state index contributed by atoms with van der Waals surface area (Å²) in [6.45, 7) is 2.09. The summed E-state index contributed by atoms with van der Waals surface area (Å²) in [7, 11) is 0. The van der Waals surface area contributed by atoms with Gasteiger partial charge in [0.1, 0.15) is 5.82 Å². The molecular formula is C15H11BrClIN2. The molecule has 1 aromatic heterocycles. The number of benzene rings is 2. The van der Waals surface area contributed by atoms with E-state index in [9.17, 15) is 0 Å². The minimum atomic E-state index is 0.390. The predicted molar refractivity (Wildman–Crippen MR) is 95.8 cm³/mol. The first-order valence-electron chi connectivity index (χ1n) is 6.09. The normalized spacial score (nSPS) is 11.2. The molecule has 2 nitrogen and oxygen atoms in total. The number of alkyl halides is 1. The number of rotatable bonds is 2. The van der Waals surface area contributed by atoms with Gasteiger partial charge in [-0.2, -0.15) is 0 Å². The maximum atomic E-state index is 6.08. The lowest BCUT2D eigenvalue weighted by Crippen LogP contribution is -2.01. The van der Waals surface area contributed by atoms with E-state index < -0.39 is 0 Å². The molecule has 0 unspecified atom stereocenters. The van der Waals surface area contributed by atoms with Gasteiger partial charge in [0.25, 0.3) is 0 Å². The van der Waals surface area contributed by atoms with Crippen molar-refractivity contribution in [3.8, 4) is 5.69 Å². The highest BCUT2D eigenvalue weighted by Crippen LogP contribution is 2.27. The molecule has 102 valence electrons. The standard InChI is InChI=1S/C15H11BrClIN2/c1-9-6-10(16)2-4-13(9)20-14-5-3-11(18)7-12(14)19-15(20)8-17/h2-7H,8H2,1H3. The molecule has 0 amide bonds. The molecule has 0 aliphatic heterocycles. The zero-order chi connectivity index (χ0) is 14.3. The Kier molecular flexibility index (Phi) is 4.06. The fraction of sp³-hybridized carbons (Fsp3) is 0.133. The molecule has 0 aliphatic carbocycles. The van der Waals surface area contributed by atoms with Gasteiger partial charge in [-0.15, -0.1) is 11.6 Å². The SMILES string of the molecule is Cc1cc(Br)ccc1-n1c(CCl)nc2cc(I)ccc21. The summed E-state index contributed by atoms with van der Waals surface area (Å²) >= 11 is 11.9. The van der Waals surface area contributed by atoms with E-state index in [1.165, 1.54) is 9.13 Å². The van der Waals surface area contributed by atoms with Crippen LogP contribution in [0.1, 0.15) is 11.4 Å². The Morgan fingerprint density at radius 2 is 2.05 bits per heavy atom. The molecule has 0 radical (unpaired) electrons. The van der Waals surface area contributed by atoms with Gasteiger partial charge in [-0.1, -0.05) is 15.9 Å². The van der Waals surface area contributed by atoms with E-state index in [1.54, 1.807) is 0 Å². The zero-order valence-electron chi connectivity index (χ0n) is 10.7. The highest BCUT2D eigenvalue weighted by atomic mass is 127. The van der Waals surface area contributed by atoms with Gasteiger partial charge in [0.15, 0.2) is 0 Å². The third-order valence-corrected chi connectivity index (χ3v) is 4.61. The quantitative estimate of drug-likeness (QED) is 0.367. The van der Waals surface area contributed by atoms with Crippen molar-refractivity contribution in [2.75, 3.05) is 0 Å². The highest BCUT2D eigenvalue weighted by molar-refractivity contribution is 14.1. The van der Waals surface area contributed by atoms with E-state index in [4.69, 9.17) is 11.6 Å². The van der Waals surface area contributed by atoms with Crippen LogP contribution in [0.25, 0.3) is 16.7 Å². The van der Waals surface area contributed by atoms with Crippen molar-refractivity contribution in [2.24, 2.45) is 0 Å². The number of hydrogen-bond acceptors (Lipinski definition) is 1. The van der Waals surface area contributed by atoms with Gasteiger partial charge < -0.3 is 0 Å². The first-order valence-corrected chi connectivity index (χ1v) is 8.50. The third kappa shape index (κ3) is 2.49. The Morgan fingerprint density at radius 1 is 1.25 bits per heavy atom. The summed E-state index contributed by atoms with van der Waals surface area (Å²) in [6.07, 6.45) is 0. The van der Waals surface area contributed by atoms with Gasteiger partial charge in [0.2, 0.25) is 0 Å². The molecule has 1 heterocycles. The van der Waals surface area contributed by atoms with Crippen molar-refractivity contribution < 1.29 is 0 Å². The molecule has 0 saturated carbocycles. The number of imidazole rings is 1. The number of fused-ring (bicyclic) bond motifs is 1. The summed E-state index contributed by atoms with van der Waals surface area (Å²) in [4.78, 5) is 4.65. The third-order valence-electron chi connectivity index (χ3n) is 3.21. The van der Waals surface area contributed by atoms with E-state index in [0.29, 0.717) is 5.88 Å². The number of halogens is 3. The Hall–Kier alpha value is -0.590. The van der Waals surface area contributed by atoms with Crippen molar-refractivity contribution in [1.82, 2.24) is 9.55 Å². The second-order valence-electron chi connectivity index (χ2n) is 4.56. The van der Waals surface area contributed by atoms with Gasteiger partial charge in [0.05, 0.1) is 22.6 Å². The van der Waals surface area contributed by atoms with Crippen LogP contribution in [0, 0.1) is 10.5 Å².